The first kappa shape index (κ1) is 14.5. The Morgan fingerprint density at radius 2 is 2.11 bits per heavy atom. The van der Waals surface area contributed by atoms with Crippen LogP contribution in [0.1, 0.15) is 39.0 Å². The molecule has 0 aliphatic carbocycles. The summed E-state index contributed by atoms with van der Waals surface area (Å²) in [5.41, 5.74) is 5.47. The molecule has 0 aromatic carbocycles. The van der Waals surface area contributed by atoms with Gasteiger partial charge < -0.3 is 10.5 Å². The van der Waals surface area contributed by atoms with E-state index in [-0.39, 0.29) is 18.4 Å². The predicted molar refractivity (Wildman–Crippen MR) is 67.8 cm³/mol. The lowest BCUT2D eigenvalue weighted by atomic mass is 10.0. The number of cyclic esters (lactones) is 1. The van der Waals surface area contributed by atoms with Gasteiger partial charge in [-0.2, -0.15) is 0 Å². The molecule has 1 amide bonds. The highest BCUT2D eigenvalue weighted by molar-refractivity contribution is 5.96. The SMILES string of the molecule is CC1CCCCCC(=O)NC(N)=NCC(=O)OC1. The molecule has 0 saturated carbocycles. The topological polar surface area (TPSA) is 93.8 Å². The predicted octanol–water partition coefficient (Wildman–Crippen LogP) is 0.561. The smallest absolute Gasteiger partial charge is 0.327 e. The van der Waals surface area contributed by atoms with Crippen LogP contribution in [0.15, 0.2) is 4.99 Å². The van der Waals surface area contributed by atoms with Gasteiger partial charge in [0.25, 0.3) is 0 Å². The Labute approximate surface area is 107 Å². The number of nitrogens with two attached hydrogens (primary N) is 1. The number of amides is 1. The summed E-state index contributed by atoms with van der Waals surface area (Å²) in [7, 11) is 0. The van der Waals surface area contributed by atoms with Crippen LogP contribution in [0.2, 0.25) is 0 Å². The molecule has 0 aromatic heterocycles. The summed E-state index contributed by atoms with van der Waals surface area (Å²) in [6.45, 7) is 2.31. The minimum Gasteiger partial charge on any atom is -0.464 e. The molecule has 0 saturated heterocycles. The number of nitrogens with zero attached hydrogens (tertiary/aromatic N) is 1. The lowest BCUT2D eigenvalue weighted by Crippen LogP contribution is -2.37. The molecular weight excluding hydrogens is 234 g/mol. The zero-order valence-corrected chi connectivity index (χ0v) is 10.8. The van der Waals surface area contributed by atoms with Crippen molar-refractivity contribution >= 4 is 17.8 Å². The maximum absolute atomic E-state index is 11.4. The Hall–Kier alpha value is -1.59. The van der Waals surface area contributed by atoms with Gasteiger partial charge in [-0.25, -0.2) is 4.99 Å². The summed E-state index contributed by atoms with van der Waals surface area (Å²) >= 11 is 0. The summed E-state index contributed by atoms with van der Waals surface area (Å²) in [6, 6.07) is 0. The minimum absolute atomic E-state index is 0.0259. The van der Waals surface area contributed by atoms with Crippen molar-refractivity contribution in [3.63, 3.8) is 0 Å². The summed E-state index contributed by atoms with van der Waals surface area (Å²) < 4.78 is 5.06. The quantitative estimate of drug-likeness (QED) is 0.618. The number of esters is 1. The summed E-state index contributed by atoms with van der Waals surface area (Å²) in [5, 5.41) is 2.44. The van der Waals surface area contributed by atoms with Crippen LogP contribution in [-0.4, -0.2) is 31.0 Å². The van der Waals surface area contributed by atoms with Crippen LogP contribution >= 0.6 is 0 Å². The van der Waals surface area contributed by atoms with E-state index in [9.17, 15) is 9.59 Å². The van der Waals surface area contributed by atoms with Crippen molar-refractivity contribution in [2.24, 2.45) is 16.6 Å². The molecule has 3 N–H and O–H groups in total. The number of carbonyl (C=O) groups is 2. The number of rotatable bonds is 0. The van der Waals surface area contributed by atoms with Crippen molar-refractivity contribution < 1.29 is 14.3 Å². The van der Waals surface area contributed by atoms with Crippen molar-refractivity contribution in [3.05, 3.63) is 0 Å². The minimum atomic E-state index is -0.420. The van der Waals surface area contributed by atoms with Crippen molar-refractivity contribution in [1.29, 1.82) is 0 Å². The number of ether oxygens (including phenoxy) is 1. The van der Waals surface area contributed by atoms with Crippen molar-refractivity contribution in [2.45, 2.75) is 39.0 Å². The van der Waals surface area contributed by atoms with Gasteiger partial charge in [-0.05, 0) is 18.8 Å². The molecule has 6 heteroatoms. The van der Waals surface area contributed by atoms with E-state index in [4.69, 9.17) is 10.5 Å². The van der Waals surface area contributed by atoms with Gasteiger partial charge in [-0.3, -0.25) is 14.9 Å². The lowest BCUT2D eigenvalue weighted by molar-refractivity contribution is -0.143. The molecule has 1 rings (SSSR count). The summed E-state index contributed by atoms with van der Waals surface area (Å²) in [6.07, 6.45) is 4.30. The summed E-state index contributed by atoms with van der Waals surface area (Å²) in [4.78, 5) is 26.5. The monoisotopic (exact) mass is 255 g/mol. The second kappa shape index (κ2) is 7.68. The highest BCUT2D eigenvalue weighted by Gasteiger charge is 2.09. The van der Waals surface area contributed by atoms with E-state index in [1.807, 2.05) is 6.92 Å². The van der Waals surface area contributed by atoms with Crippen LogP contribution in [0.3, 0.4) is 0 Å². The zero-order valence-electron chi connectivity index (χ0n) is 10.8. The molecule has 0 fully saturated rings. The number of carbonyl (C=O) groups excluding carboxylic acids is 2. The van der Waals surface area contributed by atoms with E-state index in [0.717, 1.165) is 25.7 Å². The third-order valence-electron chi connectivity index (χ3n) is 2.78. The summed E-state index contributed by atoms with van der Waals surface area (Å²) in [5.74, 6) is -0.264. The van der Waals surface area contributed by atoms with Gasteiger partial charge in [0.05, 0.1) is 6.61 Å². The van der Waals surface area contributed by atoms with Crippen LogP contribution in [0.5, 0.6) is 0 Å². The average molecular weight is 255 g/mol. The van der Waals surface area contributed by atoms with E-state index in [0.29, 0.717) is 18.9 Å². The van der Waals surface area contributed by atoms with Crippen molar-refractivity contribution in [1.82, 2.24) is 5.32 Å². The highest BCUT2D eigenvalue weighted by atomic mass is 16.5. The maximum atomic E-state index is 11.4. The van der Waals surface area contributed by atoms with Gasteiger partial charge in [0.1, 0.15) is 6.54 Å². The molecule has 18 heavy (non-hydrogen) atoms. The molecule has 102 valence electrons. The number of guanidine groups is 1. The number of hydrogen-bond donors (Lipinski definition) is 2. The Morgan fingerprint density at radius 1 is 1.33 bits per heavy atom. The molecule has 1 unspecified atom stereocenters. The van der Waals surface area contributed by atoms with Crippen molar-refractivity contribution in [2.75, 3.05) is 13.2 Å². The molecule has 0 spiro atoms. The fourth-order valence-corrected chi connectivity index (χ4v) is 1.71. The van der Waals surface area contributed by atoms with E-state index in [1.54, 1.807) is 0 Å². The van der Waals surface area contributed by atoms with Gasteiger partial charge in [0.15, 0.2) is 5.96 Å². The van der Waals surface area contributed by atoms with E-state index in [2.05, 4.69) is 10.3 Å². The largest absolute Gasteiger partial charge is 0.464 e. The van der Waals surface area contributed by atoms with Crippen LogP contribution in [0.4, 0.5) is 0 Å². The Kier molecular flexibility index (Phi) is 6.18. The highest BCUT2D eigenvalue weighted by Crippen LogP contribution is 2.11. The molecule has 1 aliphatic rings. The fourth-order valence-electron chi connectivity index (χ4n) is 1.71. The molecule has 0 radical (unpaired) electrons. The van der Waals surface area contributed by atoms with Gasteiger partial charge in [-0.1, -0.05) is 19.8 Å². The Bertz CT molecular complexity index is 329. The van der Waals surface area contributed by atoms with Crippen molar-refractivity contribution in [3.8, 4) is 0 Å². The third kappa shape index (κ3) is 6.22. The van der Waals surface area contributed by atoms with E-state index < -0.39 is 5.97 Å². The fraction of sp³-hybridized carbons (Fsp3) is 0.750. The average Bonchev–Trinajstić information content (AvgIpc) is 2.32. The standard InChI is InChI=1S/C12H21N3O3/c1-9-5-3-2-4-6-10(16)15-12(13)14-7-11(17)18-8-9/h9H,2-8H2,1H3,(H3,13,14,15,16). The van der Waals surface area contributed by atoms with Crippen LogP contribution in [0.25, 0.3) is 0 Å². The second-order valence-electron chi connectivity index (χ2n) is 4.64. The number of hydrogen-bond acceptors (Lipinski definition) is 5. The third-order valence-corrected chi connectivity index (χ3v) is 2.78. The number of nitrogens with one attached hydrogen (secondary N) is 1. The van der Waals surface area contributed by atoms with Gasteiger partial charge >= 0.3 is 5.97 Å². The van der Waals surface area contributed by atoms with Gasteiger partial charge in [0, 0.05) is 6.42 Å². The first-order valence-corrected chi connectivity index (χ1v) is 6.33. The van der Waals surface area contributed by atoms with E-state index in [1.165, 1.54) is 0 Å². The first-order chi connectivity index (χ1) is 8.58. The lowest BCUT2D eigenvalue weighted by Gasteiger charge is -2.12. The molecule has 1 atom stereocenters. The van der Waals surface area contributed by atoms with Crippen LogP contribution < -0.4 is 11.1 Å². The number of aliphatic imine (C=N–C) groups is 1. The Balaban J connectivity index is 2.53. The van der Waals surface area contributed by atoms with E-state index >= 15 is 0 Å². The first-order valence-electron chi connectivity index (χ1n) is 6.33. The van der Waals surface area contributed by atoms with Crippen LogP contribution in [-0.2, 0) is 14.3 Å². The zero-order chi connectivity index (χ0) is 13.4. The molecule has 0 aromatic rings. The normalized spacial score (nSPS) is 24.5. The van der Waals surface area contributed by atoms with Gasteiger partial charge in [0.2, 0.25) is 5.91 Å². The Morgan fingerprint density at radius 3 is 2.89 bits per heavy atom. The molecule has 6 nitrogen and oxygen atoms in total. The molecular formula is C12H21N3O3. The maximum Gasteiger partial charge on any atom is 0.327 e. The second-order valence-corrected chi connectivity index (χ2v) is 4.64. The van der Waals surface area contributed by atoms with Gasteiger partial charge in [-0.15, -0.1) is 0 Å². The molecule has 1 aliphatic heterocycles. The molecule has 0 bridgehead atoms. The molecule has 1 heterocycles. The van der Waals surface area contributed by atoms with Crippen LogP contribution in [0, 0.1) is 5.92 Å².